The predicted octanol–water partition coefficient (Wildman–Crippen LogP) is 0.246. The van der Waals surface area contributed by atoms with Crippen LogP contribution in [0.25, 0.3) is 0 Å². The maximum atomic E-state index is 4.05. The van der Waals surface area contributed by atoms with Crippen molar-refractivity contribution in [3.8, 4) is 0 Å². The number of hydrogen-bond donors (Lipinski definition) is 1. The quantitative estimate of drug-likeness (QED) is 0.777. The summed E-state index contributed by atoms with van der Waals surface area (Å²) in [5.41, 5.74) is 0. The van der Waals surface area contributed by atoms with Gasteiger partial charge in [0.15, 0.2) is 0 Å². The third kappa shape index (κ3) is 2.80. The average Bonchev–Trinajstić information content (AvgIpc) is 2.89. The molecule has 1 aliphatic heterocycles. The summed E-state index contributed by atoms with van der Waals surface area (Å²) in [5, 5.41) is 11.4. The zero-order valence-corrected chi connectivity index (χ0v) is 10.2. The van der Waals surface area contributed by atoms with E-state index in [0.29, 0.717) is 0 Å². The smallest absolute Gasteiger partial charge is 0.146 e. The summed E-state index contributed by atoms with van der Waals surface area (Å²) >= 11 is 0. The van der Waals surface area contributed by atoms with Crippen LogP contribution in [0.3, 0.4) is 0 Å². The highest BCUT2D eigenvalue weighted by molar-refractivity contribution is 4.84. The largest absolute Gasteiger partial charge is 0.320 e. The summed E-state index contributed by atoms with van der Waals surface area (Å²) < 4.78 is 1.96. The molecule has 1 aliphatic rings. The monoisotopic (exact) mass is 223 g/mol. The van der Waals surface area contributed by atoms with E-state index in [2.05, 4.69) is 27.3 Å². The molecule has 2 heterocycles. The van der Waals surface area contributed by atoms with Gasteiger partial charge in [-0.1, -0.05) is 6.92 Å². The second-order valence-electron chi connectivity index (χ2n) is 4.54. The van der Waals surface area contributed by atoms with Crippen molar-refractivity contribution in [1.29, 1.82) is 0 Å². The molecule has 16 heavy (non-hydrogen) atoms. The van der Waals surface area contributed by atoms with Crippen molar-refractivity contribution in [2.75, 3.05) is 26.2 Å². The number of rotatable bonds is 5. The molecule has 1 atom stereocenters. The molecule has 1 unspecified atom stereocenters. The van der Waals surface area contributed by atoms with Gasteiger partial charge in [0.2, 0.25) is 0 Å². The van der Waals surface area contributed by atoms with E-state index in [1.54, 1.807) is 6.33 Å². The summed E-state index contributed by atoms with van der Waals surface area (Å²) in [6.45, 7) is 7.81. The van der Waals surface area contributed by atoms with E-state index < -0.39 is 0 Å². The van der Waals surface area contributed by atoms with Crippen molar-refractivity contribution >= 4 is 0 Å². The van der Waals surface area contributed by atoms with Crippen molar-refractivity contribution in [3.05, 3.63) is 12.2 Å². The van der Waals surface area contributed by atoms with Gasteiger partial charge in [-0.05, 0) is 32.0 Å². The standard InChI is InChI=1S/C11H21N5/c1-3-16-5-4-10(8-16)6-12-7-11-14-13-9-15(11)2/h9-10,12H,3-8H2,1-2H3. The van der Waals surface area contributed by atoms with Gasteiger partial charge in [-0.15, -0.1) is 10.2 Å². The highest BCUT2D eigenvalue weighted by Crippen LogP contribution is 2.14. The summed E-state index contributed by atoms with van der Waals surface area (Å²) in [4.78, 5) is 2.51. The second-order valence-corrected chi connectivity index (χ2v) is 4.54. The lowest BCUT2D eigenvalue weighted by Gasteiger charge is -2.13. The predicted molar refractivity (Wildman–Crippen MR) is 62.9 cm³/mol. The van der Waals surface area contributed by atoms with Crippen LogP contribution in [-0.2, 0) is 13.6 Å². The van der Waals surface area contributed by atoms with Gasteiger partial charge in [0.1, 0.15) is 12.2 Å². The van der Waals surface area contributed by atoms with Gasteiger partial charge in [0.05, 0.1) is 6.54 Å². The van der Waals surface area contributed by atoms with E-state index in [1.165, 1.54) is 26.1 Å². The van der Waals surface area contributed by atoms with Crippen LogP contribution in [-0.4, -0.2) is 45.8 Å². The Balaban J connectivity index is 1.67. The Morgan fingerprint density at radius 2 is 2.44 bits per heavy atom. The van der Waals surface area contributed by atoms with Gasteiger partial charge >= 0.3 is 0 Å². The van der Waals surface area contributed by atoms with Crippen LogP contribution < -0.4 is 5.32 Å². The fraction of sp³-hybridized carbons (Fsp3) is 0.818. The average molecular weight is 223 g/mol. The van der Waals surface area contributed by atoms with E-state index in [1.807, 2.05) is 11.6 Å². The van der Waals surface area contributed by atoms with Crippen LogP contribution in [0.2, 0.25) is 0 Å². The highest BCUT2D eigenvalue weighted by Gasteiger charge is 2.20. The maximum absolute atomic E-state index is 4.05. The minimum Gasteiger partial charge on any atom is -0.320 e. The molecule has 90 valence electrons. The molecular weight excluding hydrogens is 202 g/mol. The first-order valence-electron chi connectivity index (χ1n) is 6.05. The molecule has 2 rings (SSSR count). The SMILES string of the molecule is CCN1CCC(CNCc2nncn2C)C1. The molecule has 0 spiro atoms. The Labute approximate surface area is 96.8 Å². The number of likely N-dealkylation sites (tertiary alicyclic amines) is 1. The number of nitrogens with zero attached hydrogens (tertiary/aromatic N) is 4. The Morgan fingerprint density at radius 3 is 3.06 bits per heavy atom. The molecule has 0 aromatic carbocycles. The molecule has 0 radical (unpaired) electrons. The van der Waals surface area contributed by atoms with Crippen LogP contribution in [0.1, 0.15) is 19.2 Å². The molecule has 0 saturated carbocycles. The fourth-order valence-corrected chi connectivity index (χ4v) is 2.22. The van der Waals surface area contributed by atoms with Crippen LogP contribution in [0.5, 0.6) is 0 Å². The lowest BCUT2D eigenvalue weighted by molar-refractivity contribution is 0.338. The lowest BCUT2D eigenvalue weighted by Crippen LogP contribution is -2.26. The minimum absolute atomic E-state index is 0.799. The molecule has 1 N–H and O–H groups in total. The number of hydrogen-bond acceptors (Lipinski definition) is 4. The molecule has 1 aromatic heterocycles. The van der Waals surface area contributed by atoms with E-state index in [4.69, 9.17) is 0 Å². The van der Waals surface area contributed by atoms with Crippen LogP contribution in [0, 0.1) is 5.92 Å². The second kappa shape index (κ2) is 5.41. The van der Waals surface area contributed by atoms with Gasteiger partial charge in [-0.2, -0.15) is 0 Å². The van der Waals surface area contributed by atoms with Crippen molar-refractivity contribution in [1.82, 2.24) is 25.0 Å². The summed E-state index contributed by atoms with van der Waals surface area (Å²) in [6.07, 6.45) is 3.06. The first kappa shape index (κ1) is 11.5. The van der Waals surface area contributed by atoms with Gasteiger partial charge in [0.25, 0.3) is 0 Å². The molecule has 1 fully saturated rings. The Morgan fingerprint density at radius 1 is 1.56 bits per heavy atom. The van der Waals surface area contributed by atoms with Crippen molar-refractivity contribution < 1.29 is 0 Å². The third-order valence-corrected chi connectivity index (χ3v) is 3.34. The summed E-state index contributed by atoms with van der Waals surface area (Å²) in [6, 6.07) is 0. The van der Waals surface area contributed by atoms with Gasteiger partial charge < -0.3 is 14.8 Å². The zero-order chi connectivity index (χ0) is 11.4. The number of aryl methyl sites for hydroxylation is 1. The molecule has 5 nitrogen and oxygen atoms in total. The Bertz CT molecular complexity index is 322. The molecular formula is C11H21N5. The first-order chi connectivity index (χ1) is 7.79. The van der Waals surface area contributed by atoms with Crippen LogP contribution in [0.4, 0.5) is 0 Å². The molecule has 5 heteroatoms. The van der Waals surface area contributed by atoms with Crippen molar-refractivity contribution in [3.63, 3.8) is 0 Å². The van der Waals surface area contributed by atoms with E-state index in [0.717, 1.165) is 24.8 Å². The van der Waals surface area contributed by atoms with Gasteiger partial charge in [-0.3, -0.25) is 0 Å². The highest BCUT2D eigenvalue weighted by atomic mass is 15.3. The normalized spacial score (nSPS) is 21.8. The fourth-order valence-electron chi connectivity index (χ4n) is 2.22. The first-order valence-corrected chi connectivity index (χ1v) is 6.05. The summed E-state index contributed by atoms with van der Waals surface area (Å²) in [7, 11) is 1.98. The van der Waals surface area contributed by atoms with Crippen molar-refractivity contribution in [2.45, 2.75) is 19.9 Å². The molecule has 0 aliphatic carbocycles. The minimum atomic E-state index is 0.799. The van der Waals surface area contributed by atoms with Crippen LogP contribution in [0.15, 0.2) is 6.33 Å². The third-order valence-electron chi connectivity index (χ3n) is 3.34. The van der Waals surface area contributed by atoms with E-state index in [-0.39, 0.29) is 0 Å². The Kier molecular flexibility index (Phi) is 3.90. The zero-order valence-electron chi connectivity index (χ0n) is 10.2. The number of aromatic nitrogens is 3. The topological polar surface area (TPSA) is 46.0 Å². The molecule has 0 bridgehead atoms. The molecule has 1 aromatic rings. The maximum Gasteiger partial charge on any atom is 0.146 e. The summed E-state index contributed by atoms with van der Waals surface area (Å²) in [5.74, 6) is 1.80. The van der Waals surface area contributed by atoms with Gasteiger partial charge in [-0.25, -0.2) is 0 Å². The Hall–Kier alpha value is -0.940. The number of nitrogens with one attached hydrogen (secondary N) is 1. The van der Waals surface area contributed by atoms with E-state index >= 15 is 0 Å². The van der Waals surface area contributed by atoms with Gasteiger partial charge in [0, 0.05) is 13.6 Å². The molecule has 0 amide bonds. The van der Waals surface area contributed by atoms with E-state index in [9.17, 15) is 0 Å². The lowest BCUT2D eigenvalue weighted by atomic mass is 10.1. The molecule has 1 saturated heterocycles. The van der Waals surface area contributed by atoms with Crippen LogP contribution >= 0.6 is 0 Å². The van der Waals surface area contributed by atoms with Crippen molar-refractivity contribution in [2.24, 2.45) is 13.0 Å².